The Bertz CT molecular complexity index is 1230. The van der Waals surface area contributed by atoms with Crippen LogP contribution in [0.1, 0.15) is 45.0 Å². The lowest BCUT2D eigenvalue weighted by Crippen LogP contribution is -2.35. The molecule has 0 bridgehead atoms. The molecule has 0 aliphatic carbocycles. The Kier molecular flexibility index (Phi) is 4.61. The van der Waals surface area contributed by atoms with Gasteiger partial charge in [-0.05, 0) is 43.5 Å². The van der Waals surface area contributed by atoms with Gasteiger partial charge in [0.05, 0.1) is 23.6 Å². The molecule has 2 amide bonds. The molecule has 158 valence electrons. The third kappa shape index (κ3) is 3.30. The minimum Gasteiger partial charge on any atom is -0.352 e. The summed E-state index contributed by atoms with van der Waals surface area (Å²) < 4.78 is 1.85. The zero-order valence-corrected chi connectivity index (χ0v) is 18.0. The molecule has 7 nitrogen and oxygen atoms in total. The van der Waals surface area contributed by atoms with E-state index < -0.39 is 0 Å². The number of amides is 2. The molecule has 3 aromatic rings. The molecular weight excluding hydrogens is 390 g/mol. The van der Waals surface area contributed by atoms with Crippen LogP contribution in [0.4, 0.5) is 5.69 Å². The van der Waals surface area contributed by atoms with Crippen LogP contribution >= 0.6 is 0 Å². The fourth-order valence-corrected chi connectivity index (χ4v) is 4.53. The number of hydrogen-bond donors (Lipinski definition) is 1. The maximum Gasteiger partial charge on any atom is 0.251 e. The van der Waals surface area contributed by atoms with Gasteiger partial charge >= 0.3 is 0 Å². The highest BCUT2D eigenvalue weighted by molar-refractivity contribution is 5.99. The maximum absolute atomic E-state index is 12.9. The number of hydrogen-bond acceptors (Lipinski definition) is 4. The van der Waals surface area contributed by atoms with Crippen LogP contribution in [0.3, 0.4) is 0 Å². The number of aromatic nitrogens is 3. The Balaban J connectivity index is 1.55. The van der Waals surface area contributed by atoms with Crippen LogP contribution in [0.15, 0.2) is 30.5 Å². The Morgan fingerprint density at radius 2 is 1.90 bits per heavy atom. The smallest absolute Gasteiger partial charge is 0.251 e. The Labute approximate surface area is 181 Å². The molecule has 2 aromatic heterocycles. The highest BCUT2D eigenvalue weighted by Gasteiger charge is 2.28. The summed E-state index contributed by atoms with van der Waals surface area (Å²) in [6.07, 6.45) is 3.78. The van der Waals surface area contributed by atoms with E-state index in [0.29, 0.717) is 25.9 Å². The van der Waals surface area contributed by atoms with Gasteiger partial charge in [-0.1, -0.05) is 12.1 Å². The molecule has 0 spiro atoms. The van der Waals surface area contributed by atoms with E-state index in [1.807, 2.05) is 60.9 Å². The molecule has 5 rings (SSSR count). The second-order valence-electron chi connectivity index (χ2n) is 8.32. The van der Waals surface area contributed by atoms with Crippen molar-refractivity contribution < 1.29 is 9.59 Å². The first kappa shape index (κ1) is 19.5. The number of fused-ring (bicyclic) bond motifs is 2. The zero-order chi connectivity index (χ0) is 21.7. The zero-order valence-electron chi connectivity index (χ0n) is 18.0. The van der Waals surface area contributed by atoms with Crippen molar-refractivity contribution in [3.63, 3.8) is 0 Å². The van der Waals surface area contributed by atoms with Gasteiger partial charge in [-0.2, -0.15) is 5.10 Å². The van der Waals surface area contributed by atoms with Crippen molar-refractivity contribution in [2.45, 2.75) is 39.7 Å². The summed E-state index contributed by atoms with van der Waals surface area (Å²) in [6.45, 7) is 5.16. The fraction of sp³-hybridized carbons (Fsp3) is 0.333. The monoisotopic (exact) mass is 415 g/mol. The number of aryl methyl sites for hydroxylation is 3. The SMILES string of the molecule is Cc1nn(C)c(C)c1CN1C(=O)CCc2ncc(-c3ccc4c(c3)C(=O)NCC4)cc21. The minimum atomic E-state index is -0.0339. The van der Waals surface area contributed by atoms with Gasteiger partial charge in [0.15, 0.2) is 0 Å². The van der Waals surface area contributed by atoms with Crippen LogP contribution in [-0.4, -0.2) is 33.1 Å². The predicted molar refractivity (Wildman–Crippen MR) is 118 cm³/mol. The number of pyridine rings is 1. The molecule has 0 saturated carbocycles. The van der Waals surface area contributed by atoms with Crippen LogP contribution in [0, 0.1) is 13.8 Å². The Hall–Kier alpha value is -3.48. The largest absolute Gasteiger partial charge is 0.352 e. The standard InChI is InChI=1S/C24H25N5O2/c1-14-20(15(2)28(3)27-14)13-29-22-11-18(12-26-21(22)6-7-23(29)30)17-5-4-16-8-9-25-24(31)19(16)10-17/h4-5,10-12H,6-9,13H2,1-3H3,(H,25,31). The Morgan fingerprint density at radius 3 is 2.68 bits per heavy atom. The number of carbonyl (C=O) groups is 2. The van der Waals surface area contributed by atoms with E-state index in [9.17, 15) is 9.59 Å². The highest BCUT2D eigenvalue weighted by atomic mass is 16.2. The van der Waals surface area contributed by atoms with Crippen molar-refractivity contribution in [1.82, 2.24) is 20.1 Å². The molecule has 7 heteroatoms. The average molecular weight is 415 g/mol. The molecule has 1 aromatic carbocycles. The lowest BCUT2D eigenvalue weighted by atomic mass is 9.94. The van der Waals surface area contributed by atoms with Gasteiger partial charge in [0.2, 0.25) is 5.91 Å². The normalized spacial score (nSPS) is 15.5. The van der Waals surface area contributed by atoms with Crippen LogP contribution in [-0.2, 0) is 31.2 Å². The average Bonchev–Trinajstić information content (AvgIpc) is 3.01. The summed E-state index contributed by atoms with van der Waals surface area (Å²) in [5.74, 6) is 0.0623. The van der Waals surface area contributed by atoms with Gasteiger partial charge in [0.25, 0.3) is 5.91 Å². The molecule has 0 saturated heterocycles. The summed E-state index contributed by atoms with van der Waals surface area (Å²) in [5.41, 5.74) is 8.45. The number of nitrogens with zero attached hydrogens (tertiary/aromatic N) is 4. The van der Waals surface area contributed by atoms with E-state index >= 15 is 0 Å². The Morgan fingerprint density at radius 1 is 1.06 bits per heavy atom. The van der Waals surface area contributed by atoms with E-state index in [1.165, 1.54) is 0 Å². The third-order valence-electron chi connectivity index (χ3n) is 6.46. The van der Waals surface area contributed by atoms with Crippen molar-refractivity contribution in [1.29, 1.82) is 0 Å². The fourth-order valence-electron chi connectivity index (χ4n) is 4.53. The number of rotatable bonds is 3. The van der Waals surface area contributed by atoms with Crippen molar-refractivity contribution in [2.24, 2.45) is 7.05 Å². The first-order valence-corrected chi connectivity index (χ1v) is 10.6. The summed E-state index contributed by atoms with van der Waals surface area (Å²) in [6, 6.07) is 8.01. The third-order valence-corrected chi connectivity index (χ3v) is 6.46. The minimum absolute atomic E-state index is 0.0339. The van der Waals surface area contributed by atoms with Gasteiger partial charge in [-0.15, -0.1) is 0 Å². The first-order chi connectivity index (χ1) is 14.9. The van der Waals surface area contributed by atoms with Crippen molar-refractivity contribution in [3.05, 3.63) is 64.2 Å². The topological polar surface area (TPSA) is 80.1 Å². The van der Waals surface area contributed by atoms with E-state index in [2.05, 4.69) is 15.4 Å². The lowest BCUT2D eigenvalue weighted by molar-refractivity contribution is -0.119. The van der Waals surface area contributed by atoms with Crippen molar-refractivity contribution >= 4 is 17.5 Å². The molecule has 0 fully saturated rings. The summed E-state index contributed by atoms with van der Waals surface area (Å²) in [7, 11) is 1.92. The van der Waals surface area contributed by atoms with Crippen LogP contribution in [0.25, 0.3) is 11.1 Å². The molecule has 1 N–H and O–H groups in total. The lowest BCUT2D eigenvalue weighted by Gasteiger charge is -2.29. The second kappa shape index (κ2) is 7.34. The molecule has 4 heterocycles. The van der Waals surface area contributed by atoms with Gasteiger partial charge < -0.3 is 10.2 Å². The van der Waals surface area contributed by atoms with Gasteiger partial charge in [0.1, 0.15) is 0 Å². The van der Waals surface area contributed by atoms with Gasteiger partial charge in [0, 0.05) is 55.0 Å². The van der Waals surface area contributed by atoms with Crippen molar-refractivity contribution in [3.8, 4) is 11.1 Å². The summed E-state index contributed by atoms with van der Waals surface area (Å²) in [5, 5.41) is 7.40. The van der Waals surface area contributed by atoms with Crippen LogP contribution in [0.5, 0.6) is 0 Å². The maximum atomic E-state index is 12.9. The predicted octanol–water partition coefficient (Wildman–Crippen LogP) is 2.86. The molecule has 2 aliphatic rings. The summed E-state index contributed by atoms with van der Waals surface area (Å²) in [4.78, 5) is 31.7. The van der Waals surface area contributed by atoms with E-state index in [1.54, 1.807) is 0 Å². The first-order valence-electron chi connectivity index (χ1n) is 10.6. The van der Waals surface area contributed by atoms with Crippen LogP contribution in [0.2, 0.25) is 0 Å². The number of benzene rings is 1. The second-order valence-corrected chi connectivity index (χ2v) is 8.32. The molecule has 2 aliphatic heterocycles. The number of anilines is 1. The van der Waals surface area contributed by atoms with Gasteiger partial charge in [-0.3, -0.25) is 19.3 Å². The molecule has 31 heavy (non-hydrogen) atoms. The molecule has 0 atom stereocenters. The van der Waals surface area contributed by atoms with Crippen LogP contribution < -0.4 is 10.2 Å². The quantitative estimate of drug-likeness (QED) is 0.713. The van der Waals surface area contributed by atoms with Crippen molar-refractivity contribution in [2.75, 3.05) is 11.4 Å². The number of nitrogens with one attached hydrogen (secondary N) is 1. The van der Waals surface area contributed by atoms with E-state index in [-0.39, 0.29) is 11.8 Å². The number of carbonyl (C=O) groups excluding carboxylic acids is 2. The van der Waals surface area contributed by atoms with E-state index in [0.717, 1.165) is 57.0 Å². The highest BCUT2D eigenvalue weighted by Crippen LogP contribution is 2.33. The molecule has 0 unspecified atom stereocenters. The molecule has 0 radical (unpaired) electrons. The van der Waals surface area contributed by atoms with Gasteiger partial charge in [-0.25, -0.2) is 0 Å². The molecular formula is C24H25N5O2. The van der Waals surface area contributed by atoms with E-state index in [4.69, 9.17) is 0 Å². The summed E-state index contributed by atoms with van der Waals surface area (Å²) >= 11 is 0.